The zero-order valence-electron chi connectivity index (χ0n) is 10.00. The highest BCUT2D eigenvalue weighted by atomic mass is 79.9. The topological polar surface area (TPSA) is 12.9 Å². The van der Waals surface area contributed by atoms with Crippen LogP contribution in [0, 0.1) is 0 Å². The molecule has 2 aromatic rings. The average molecular weight is 359 g/mol. The normalized spacial score (nSPS) is 9.82. The number of hydrogen-bond donors (Lipinski definition) is 0. The molecular weight excluding hydrogens is 342 g/mol. The maximum atomic E-state index is 4.29. The third-order valence-electron chi connectivity index (χ3n) is 2.30. The predicted molar refractivity (Wildman–Crippen MR) is 82.8 cm³/mol. The first-order chi connectivity index (χ1) is 8.27. The molecule has 0 aliphatic heterocycles. The van der Waals surface area contributed by atoms with E-state index < -0.39 is 0 Å². The molecule has 1 aromatic carbocycles. The van der Waals surface area contributed by atoms with Gasteiger partial charge in [-0.15, -0.1) is 0 Å². The van der Waals surface area contributed by atoms with Gasteiger partial charge >= 0.3 is 0 Å². The third-order valence-corrected chi connectivity index (χ3v) is 3.30. The van der Waals surface area contributed by atoms with Crippen molar-refractivity contribution in [1.82, 2.24) is 4.98 Å². The first kappa shape index (κ1) is 14.7. The van der Waals surface area contributed by atoms with Gasteiger partial charge in [-0.05, 0) is 34.5 Å². The van der Waals surface area contributed by atoms with E-state index in [1.54, 1.807) is 0 Å². The van der Waals surface area contributed by atoms with E-state index >= 15 is 0 Å². The Balaban J connectivity index is 0.000000209. The van der Waals surface area contributed by atoms with Crippen molar-refractivity contribution in [3.63, 3.8) is 0 Å². The van der Waals surface area contributed by atoms with Gasteiger partial charge in [0.05, 0.1) is 5.52 Å². The highest BCUT2D eigenvalue weighted by Crippen LogP contribution is 2.14. The van der Waals surface area contributed by atoms with Gasteiger partial charge in [0.1, 0.15) is 4.60 Å². The number of rotatable bonds is 3. The lowest BCUT2D eigenvalue weighted by molar-refractivity contribution is 0.781. The maximum absolute atomic E-state index is 4.29. The minimum Gasteiger partial charge on any atom is -0.241 e. The first-order valence-electron chi connectivity index (χ1n) is 5.85. The maximum Gasteiger partial charge on any atom is 0.106 e. The zero-order chi connectivity index (χ0) is 12.5. The highest BCUT2D eigenvalue weighted by molar-refractivity contribution is 9.10. The summed E-state index contributed by atoms with van der Waals surface area (Å²) in [5.41, 5.74) is 1.03. The molecular formula is C14H17Br2N. The van der Waals surface area contributed by atoms with Crippen molar-refractivity contribution >= 4 is 42.8 Å². The van der Waals surface area contributed by atoms with Gasteiger partial charge in [-0.3, -0.25) is 0 Å². The van der Waals surface area contributed by atoms with E-state index in [0.717, 1.165) is 10.1 Å². The Kier molecular flexibility index (Phi) is 7.45. The summed E-state index contributed by atoms with van der Waals surface area (Å²) in [6.45, 7) is 2.21. The molecule has 0 fully saturated rings. The number of fused-ring (bicyclic) bond motifs is 1. The Morgan fingerprint density at radius 2 is 1.82 bits per heavy atom. The van der Waals surface area contributed by atoms with Crippen molar-refractivity contribution in [2.75, 3.05) is 5.33 Å². The molecule has 1 heterocycles. The predicted octanol–water partition coefficient (Wildman–Crippen LogP) is 5.57. The van der Waals surface area contributed by atoms with Gasteiger partial charge < -0.3 is 0 Å². The van der Waals surface area contributed by atoms with Gasteiger partial charge in [-0.2, -0.15) is 0 Å². The van der Waals surface area contributed by atoms with Crippen molar-refractivity contribution in [1.29, 1.82) is 0 Å². The average Bonchev–Trinajstić information content (AvgIpc) is 2.37. The van der Waals surface area contributed by atoms with Gasteiger partial charge in [0, 0.05) is 10.7 Å². The molecule has 0 spiro atoms. The van der Waals surface area contributed by atoms with Gasteiger partial charge in [0.25, 0.3) is 0 Å². The Hall–Kier alpha value is -0.410. The largest absolute Gasteiger partial charge is 0.241 e. The van der Waals surface area contributed by atoms with E-state index in [4.69, 9.17) is 0 Å². The highest BCUT2D eigenvalue weighted by Gasteiger charge is 1.92. The van der Waals surface area contributed by atoms with Crippen LogP contribution >= 0.6 is 31.9 Å². The summed E-state index contributed by atoms with van der Waals surface area (Å²) in [4.78, 5) is 4.29. The van der Waals surface area contributed by atoms with Crippen molar-refractivity contribution in [2.45, 2.75) is 26.2 Å². The van der Waals surface area contributed by atoms with Crippen molar-refractivity contribution < 1.29 is 0 Å². The van der Waals surface area contributed by atoms with Crippen LogP contribution in [-0.4, -0.2) is 10.3 Å². The summed E-state index contributed by atoms with van der Waals surface area (Å²) in [6.07, 6.45) is 4.02. The van der Waals surface area contributed by atoms with Crippen LogP contribution in [0.2, 0.25) is 0 Å². The number of aromatic nitrogens is 1. The minimum absolute atomic E-state index is 0.885. The lowest BCUT2D eigenvalue weighted by atomic mass is 10.2. The number of nitrogens with zero attached hydrogens (tertiary/aromatic N) is 1. The molecule has 1 nitrogen and oxygen atoms in total. The quantitative estimate of drug-likeness (QED) is 0.397. The Morgan fingerprint density at radius 1 is 1.06 bits per heavy atom. The molecule has 1 aromatic heterocycles. The van der Waals surface area contributed by atoms with E-state index in [1.165, 1.54) is 30.0 Å². The van der Waals surface area contributed by atoms with Crippen LogP contribution in [-0.2, 0) is 0 Å². The fourth-order valence-electron chi connectivity index (χ4n) is 1.39. The summed E-state index contributed by atoms with van der Waals surface area (Å²) >= 11 is 6.67. The smallest absolute Gasteiger partial charge is 0.106 e. The van der Waals surface area contributed by atoms with Crippen LogP contribution in [0.4, 0.5) is 0 Å². The van der Waals surface area contributed by atoms with Gasteiger partial charge in [-0.25, -0.2) is 4.98 Å². The molecule has 0 aliphatic carbocycles. The Labute approximate surface area is 120 Å². The molecule has 0 N–H and O–H groups in total. The third kappa shape index (κ3) is 5.64. The molecule has 92 valence electrons. The molecule has 3 heteroatoms. The van der Waals surface area contributed by atoms with Crippen LogP contribution in [0.15, 0.2) is 41.0 Å². The summed E-state index contributed by atoms with van der Waals surface area (Å²) in [5.74, 6) is 0. The minimum atomic E-state index is 0.885. The Bertz CT molecular complexity index is 439. The van der Waals surface area contributed by atoms with Crippen LogP contribution in [0.5, 0.6) is 0 Å². The van der Waals surface area contributed by atoms with E-state index in [9.17, 15) is 0 Å². The van der Waals surface area contributed by atoms with Crippen molar-refractivity contribution in [3.05, 3.63) is 41.0 Å². The summed E-state index contributed by atoms with van der Waals surface area (Å²) in [7, 11) is 0. The standard InChI is InChI=1S/C9H6BrN.C5H11Br/c10-9-6-5-7-3-1-2-4-8(7)11-9;1-2-3-4-5-6/h1-6H;2-5H2,1H3. The lowest BCUT2D eigenvalue weighted by Crippen LogP contribution is -1.77. The molecule has 0 amide bonds. The summed E-state index contributed by atoms with van der Waals surface area (Å²) in [6, 6.07) is 12.0. The SMILES string of the molecule is Brc1ccc2ccccc2n1.CCCCCBr. The number of pyridine rings is 1. The fourth-order valence-corrected chi connectivity index (χ4v) is 2.11. The number of halogens is 2. The summed E-state index contributed by atoms with van der Waals surface area (Å²) < 4.78 is 0.885. The molecule has 17 heavy (non-hydrogen) atoms. The molecule has 0 radical (unpaired) electrons. The fraction of sp³-hybridized carbons (Fsp3) is 0.357. The Morgan fingerprint density at radius 3 is 2.47 bits per heavy atom. The van der Waals surface area contributed by atoms with Crippen molar-refractivity contribution in [2.24, 2.45) is 0 Å². The molecule has 0 saturated heterocycles. The molecule has 0 bridgehead atoms. The lowest BCUT2D eigenvalue weighted by Gasteiger charge is -1.94. The summed E-state index contributed by atoms with van der Waals surface area (Å²) in [5, 5.41) is 2.34. The van der Waals surface area contributed by atoms with E-state index in [1.807, 2.05) is 30.3 Å². The van der Waals surface area contributed by atoms with E-state index in [2.05, 4.69) is 49.8 Å². The number of hydrogen-bond acceptors (Lipinski definition) is 1. The van der Waals surface area contributed by atoms with Crippen LogP contribution in [0.3, 0.4) is 0 Å². The number of para-hydroxylation sites is 1. The monoisotopic (exact) mass is 357 g/mol. The van der Waals surface area contributed by atoms with Gasteiger partial charge in [0.2, 0.25) is 0 Å². The molecule has 0 unspecified atom stereocenters. The first-order valence-corrected chi connectivity index (χ1v) is 7.76. The van der Waals surface area contributed by atoms with E-state index in [-0.39, 0.29) is 0 Å². The number of unbranched alkanes of at least 4 members (excludes halogenated alkanes) is 2. The van der Waals surface area contributed by atoms with Crippen LogP contribution < -0.4 is 0 Å². The van der Waals surface area contributed by atoms with Crippen molar-refractivity contribution in [3.8, 4) is 0 Å². The second-order valence-electron chi connectivity index (χ2n) is 3.72. The van der Waals surface area contributed by atoms with Crippen LogP contribution in [0.1, 0.15) is 26.2 Å². The van der Waals surface area contributed by atoms with Gasteiger partial charge in [-0.1, -0.05) is 60.0 Å². The second-order valence-corrected chi connectivity index (χ2v) is 5.33. The molecule has 2 rings (SSSR count). The second kappa shape index (κ2) is 8.65. The zero-order valence-corrected chi connectivity index (χ0v) is 13.2. The molecule has 0 saturated carbocycles. The number of benzene rings is 1. The van der Waals surface area contributed by atoms with Gasteiger partial charge in [0.15, 0.2) is 0 Å². The number of alkyl halides is 1. The van der Waals surface area contributed by atoms with E-state index in [0.29, 0.717) is 0 Å². The molecule has 0 atom stereocenters. The van der Waals surface area contributed by atoms with Crippen LogP contribution in [0.25, 0.3) is 10.9 Å². The molecule has 0 aliphatic rings.